The van der Waals surface area contributed by atoms with Crippen LogP contribution in [0.3, 0.4) is 0 Å². The number of hydrogen-bond acceptors (Lipinski definition) is 3. The SMILES string of the molecule is CN(C(=O)CCNC(C)(C)C)C(C)(C)CO. The Hall–Kier alpha value is -0.610. The van der Waals surface area contributed by atoms with Crippen LogP contribution in [0.25, 0.3) is 0 Å². The van der Waals surface area contributed by atoms with Crippen LogP contribution < -0.4 is 5.32 Å². The van der Waals surface area contributed by atoms with E-state index in [1.165, 1.54) is 0 Å². The molecule has 0 unspecified atom stereocenters. The van der Waals surface area contributed by atoms with Gasteiger partial charge >= 0.3 is 0 Å². The van der Waals surface area contributed by atoms with Gasteiger partial charge < -0.3 is 15.3 Å². The third-order valence-electron chi connectivity index (χ3n) is 2.66. The minimum Gasteiger partial charge on any atom is -0.394 e. The van der Waals surface area contributed by atoms with Gasteiger partial charge in [0.1, 0.15) is 0 Å². The van der Waals surface area contributed by atoms with Crippen LogP contribution in [0.4, 0.5) is 0 Å². The second kappa shape index (κ2) is 5.64. The van der Waals surface area contributed by atoms with Crippen LogP contribution >= 0.6 is 0 Å². The van der Waals surface area contributed by atoms with Gasteiger partial charge in [0.25, 0.3) is 0 Å². The van der Waals surface area contributed by atoms with Crippen molar-refractivity contribution in [2.24, 2.45) is 0 Å². The highest BCUT2D eigenvalue weighted by atomic mass is 16.3. The van der Waals surface area contributed by atoms with Gasteiger partial charge in [-0.25, -0.2) is 0 Å². The first-order valence-electron chi connectivity index (χ1n) is 5.73. The molecule has 16 heavy (non-hydrogen) atoms. The van der Waals surface area contributed by atoms with Crippen LogP contribution in [-0.2, 0) is 4.79 Å². The van der Waals surface area contributed by atoms with E-state index in [-0.39, 0.29) is 18.1 Å². The van der Waals surface area contributed by atoms with Crippen molar-refractivity contribution in [1.29, 1.82) is 0 Å². The molecule has 0 aromatic carbocycles. The van der Waals surface area contributed by atoms with Gasteiger partial charge in [-0.15, -0.1) is 0 Å². The van der Waals surface area contributed by atoms with Crippen LogP contribution in [0.5, 0.6) is 0 Å². The predicted octanol–water partition coefficient (Wildman–Crippen LogP) is 0.994. The molecule has 2 N–H and O–H groups in total. The van der Waals surface area contributed by atoms with Crippen molar-refractivity contribution in [1.82, 2.24) is 10.2 Å². The lowest BCUT2D eigenvalue weighted by Crippen LogP contribution is -2.48. The number of carbonyl (C=O) groups excluding carboxylic acids is 1. The minimum absolute atomic E-state index is 0.0259. The quantitative estimate of drug-likeness (QED) is 0.740. The van der Waals surface area contributed by atoms with Crippen LogP contribution in [0.1, 0.15) is 41.0 Å². The zero-order chi connectivity index (χ0) is 13.0. The first-order chi connectivity index (χ1) is 7.10. The summed E-state index contributed by atoms with van der Waals surface area (Å²) >= 11 is 0. The van der Waals surface area contributed by atoms with Gasteiger partial charge in [0, 0.05) is 25.6 Å². The van der Waals surface area contributed by atoms with Crippen molar-refractivity contribution in [3.8, 4) is 0 Å². The molecule has 0 saturated carbocycles. The number of aliphatic hydroxyl groups excluding tert-OH is 1. The number of nitrogens with one attached hydrogen (secondary N) is 1. The predicted molar refractivity (Wildman–Crippen MR) is 66.3 cm³/mol. The van der Waals surface area contributed by atoms with Crippen LogP contribution in [0.2, 0.25) is 0 Å². The summed E-state index contributed by atoms with van der Waals surface area (Å²) in [6, 6.07) is 0. The molecule has 0 rings (SSSR count). The summed E-state index contributed by atoms with van der Waals surface area (Å²) in [5, 5.41) is 12.4. The van der Waals surface area contributed by atoms with Crippen molar-refractivity contribution in [3.05, 3.63) is 0 Å². The maximum absolute atomic E-state index is 11.8. The van der Waals surface area contributed by atoms with Gasteiger partial charge in [0.05, 0.1) is 12.1 Å². The molecule has 4 heteroatoms. The van der Waals surface area contributed by atoms with Crippen LogP contribution in [0.15, 0.2) is 0 Å². The summed E-state index contributed by atoms with van der Waals surface area (Å²) in [6.45, 7) is 10.5. The maximum Gasteiger partial charge on any atom is 0.224 e. The summed E-state index contributed by atoms with van der Waals surface area (Å²) in [6.07, 6.45) is 0.456. The van der Waals surface area contributed by atoms with Crippen molar-refractivity contribution < 1.29 is 9.90 Å². The van der Waals surface area contributed by atoms with Gasteiger partial charge in [-0.1, -0.05) is 0 Å². The Labute approximate surface area is 99.0 Å². The summed E-state index contributed by atoms with van der Waals surface area (Å²) < 4.78 is 0. The molecule has 0 spiro atoms. The number of amides is 1. The molecule has 0 aromatic rings. The van der Waals surface area contributed by atoms with Gasteiger partial charge in [0.15, 0.2) is 0 Å². The second-order valence-corrected chi connectivity index (χ2v) is 5.85. The van der Waals surface area contributed by atoms with E-state index in [2.05, 4.69) is 26.1 Å². The minimum atomic E-state index is -0.487. The fourth-order valence-electron chi connectivity index (χ4n) is 1.16. The van der Waals surface area contributed by atoms with Gasteiger partial charge in [-0.3, -0.25) is 4.79 Å². The molecule has 4 nitrogen and oxygen atoms in total. The van der Waals surface area contributed by atoms with Crippen LogP contribution in [-0.4, -0.2) is 47.2 Å². The molecule has 0 aliphatic carbocycles. The summed E-state index contributed by atoms with van der Waals surface area (Å²) in [4.78, 5) is 13.4. The van der Waals surface area contributed by atoms with E-state index in [0.717, 1.165) is 0 Å². The largest absolute Gasteiger partial charge is 0.394 e. The smallest absolute Gasteiger partial charge is 0.224 e. The number of hydrogen-bond donors (Lipinski definition) is 2. The normalized spacial score (nSPS) is 12.7. The first-order valence-corrected chi connectivity index (χ1v) is 5.73. The molecule has 0 radical (unpaired) electrons. The van der Waals surface area contributed by atoms with E-state index in [0.29, 0.717) is 13.0 Å². The zero-order valence-electron chi connectivity index (χ0n) is 11.4. The number of likely N-dealkylation sites (N-methyl/N-ethyl adjacent to an activating group) is 1. The Balaban J connectivity index is 4.08. The maximum atomic E-state index is 11.8. The lowest BCUT2D eigenvalue weighted by atomic mass is 10.0. The van der Waals surface area contributed by atoms with Gasteiger partial charge in [-0.05, 0) is 34.6 Å². The average molecular weight is 230 g/mol. The Kier molecular flexibility index (Phi) is 5.42. The van der Waals surface area contributed by atoms with E-state index in [1.807, 2.05) is 13.8 Å². The highest BCUT2D eigenvalue weighted by molar-refractivity contribution is 5.76. The highest BCUT2D eigenvalue weighted by Gasteiger charge is 2.26. The molecule has 0 aromatic heterocycles. The van der Waals surface area contributed by atoms with Gasteiger partial charge in [-0.2, -0.15) is 0 Å². The highest BCUT2D eigenvalue weighted by Crippen LogP contribution is 2.12. The van der Waals surface area contributed by atoms with Crippen molar-refractivity contribution in [3.63, 3.8) is 0 Å². The third-order valence-corrected chi connectivity index (χ3v) is 2.66. The molecule has 0 bridgehead atoms. The molecular formula is C12H26N2O2. The van der Waals surface area contributed by atoms with E-state index in [1.54, 1.807) is 11.9 Å². The lowest BCUT2D eigenvalue weighted by Gasteiger charge is -2.34. The van der Waals surface area contributed by atoms with E-state index in [4.69, 9.17) is 5.11 Å². The fraction of sp³-hybridized carbons (Fsp3) is 0.917. The standard InChI is InChI=1S/C12H26N2O2/c1-11(2,3)13-8-7-10(16)14(6)12(4,5)9-15/h13,15H,7-9H2,1-6H3. The fourth-order valence-corrected chi connectivity index (χ4v) is 1.16. The zero-order valence-corrected chi connectivity index (χ0v) is 11.4. The summed E-state index contributed by atoms with van der Waals surface area (Å²) in [5.74, 6) is 0.0517. The Morgan fingerprint density at radius 2 is 1.75 bits per heavy atom. The van der Waals surface area contributed by atoms with Gasteiger partial charge in [0.2, 0.25) is 5.91 Å². The summed E-state index contributed by atoms with van der Waals surface area (Å²) in [7, 11) is 1.73. The summed E-state index contributed by atoms with van der Waals surface area (Å²) in [5.41, 5.74) is -0.454. The molecular weight excluding hydrogens is 204 g/mol. The lowest BCUT2D eigenvalue weighted by molar-refractivity contribution is -0.135. The van der Waals surface area contributed by atoms with E-state index in [9.17, 15) is 4.79 Å². The molecule has 96 valence electrons. The molecule has 0 heterocycles. The molecule has 0 aliphatic rings. The second-order valence-electron chi connectivity index (χ2n) is 5.85. The number of nitrogens with zero attached hydrogens (tertiary/aromatic N) is 1. The topological polar surface area (TPSA) is 52.6 Å². The van der Waals surface area contributed by atoms with Crippen molar-refractivity contribution in [2.75, 3.05) is 20.2 Å². The average Bonchev–Trinajstić information content (AvgIpc) is 2.14. The monoisotopic (exact) mass is 230 g/mol. The van der Waals surface area contributed by atoms with Crippen molar-refractivity contribution >= 4 is 5.91 Å². The van der Waals surface area contributed by atoms with E-state index < -0.39 is 5.54 Å². The molecule has 0 aliphatic heterocycles. The number of rotatable bonds is 5. The Morgan fingerprint density at radius 1 is 1.25 bits per heavy atom. The number of carbonyl (C=O) groups is 1. The van der Waals surface area contributed by atoms with E-state index >= 15 is 0 Å². The Morgan fingerprint density at radius 3 is 2.12 bits per heavy atom. The molecule has 0 saturated heterocycles. The molecule has 0 fully saturated rings. The van der Waals surface area contributed by atoms with Crippen molar-refractivity contribution in [2.45, 2.75) is 52.1 Å². The molecule has 1 amide bonds. The first kappa shape index (κ1) is 15.4. The third kappa shape index (κ3) is 5.47. The van der Waals surface area contributed by atoms with Crippen LogP contribution in [0, 0.1) is 0 Å². The number of aliphatic hydroxyl groups is 1. The Bertz CT molecular complexity index is 232. The molecule has 0 atom stereocenters.